The number of ether oxygens (including phenoxy) is 1. The molecule has 0 fully saturated rings. The van der Waals surface area contributed by atoms with Gasteiger partial charge < -0.3 is 9.84 Å². The first-order chi connectivity index (χ1) is 8.66. The molecule has 0 saturated carbocycles. The summed E-state index contributed by atoms with van der Waals surface area (Å²) in [6.45, 7) is 0.126. The Kier molecular flexibility index (Phi) is 3.38. The molecule has 0 aliphatic carbocycles. The van der Waals surface area contributed by atoms with Gasteiger partial charge >= 0.3 is 11.9 Å². The highest BCUT2D eigenvalue weighted by molar-refractivity contribution is 5.92. The Morgan fingerprint density at radius 1 is 1.28 bits per heavy atom. The molecular weight excluding hydrogens is 236 g/mol. The molecule has 0 aliphatic heterocycles. The molecule has 1 aromatic carbocycles. The Morgan fingerprint density at radius 2 is 2.00 bits per heavy atom. The van der Waals surface area contributed by atoms with Crippen molar-refractivity contribution in [3.05, 3.63) is 53.3 Å². The number of aromatic nitrogens is 2. The van der Waals surface area contributed by atoms with Gasteiger partial charge in [0.05, 0.1) is 0 Å². The Labute approximate surface area is 102 Å². The first-order valence-electron chi connectivity index (χ1n) is 5.16. The molecule has 2 N–H and O–H groups in total. The number of aromatic carboxylic acids is 1. The third-order valence-electron chi connectivity index (χ3n) is 2.23. The van der Waals surface area contributed by atoms with Crippen LogP contribution in [0.4, 0.5) is 0 Å². The number of nitrogens with zero attached hydrogens (tertiary/aromatic N) is 1. The molecule has 6 heteroatoms. The molecule has 6 nitrogen and oxygen atoms in total. The van der Waals surface area contributed by atoms with E-state index < -0.39 is 11.9 Å². The van der Waals surface area contributed by atoms with Crippen LogP contribution >= 0.6 is 0 Å². The summed E-state index contributed by atoms with van der Waals surface area (Å²) >= 11 is 0. The number of rotatable bonds is 4. The van der Waals surface area contributed by atoms with E-state index in [1.165, 1.54) is 0 Å². The molecule has 1 heterocycles. The van der Waals surface area contributed by atoms with Crippen LogP contribution in [0.3, 0.4) is 0 Å². The zero-order chi connectivity index (χ0) is 13.0. The number of carboxylic acids is 1. The van der Waals surface area contributed by atoms with Crippen molar-refractivity contribution in [2.45, 2.75) is 6.61 Å². The van der Waals surface area contributed by atoms with E-state index in [4.69, 9.17) is 9.84 Å². The Balaban J connectivity index is 1.97. The Morgan fingerprint density at radius 3 is 2.61 bits per heavy atom. The molecule has 0 amide bonds. The van der Waals surface area contributed by atoms with Crippen LogP contribution in [0.2, 0.25) is 0 Å². The third-order valence-corrected chi connectivity index (χ3v) is 2.23. The number of esters is 1. The number of carboxylic acid groups (broad SMARTS) is 1. The fourth-order valence-electron chi connectivity index (χ4n) is 1.34. The number of carbonyl (C=O) groups is 2. The molecule has 0 aliphatic rings. The van der Waals surface area contributed by atoms with E-state index in [0.717, 1.165) is 11.6 Å². The molecule has 2 aromatic rings. The molecule has 92 valence electrons. The van der Waals surface area contributed by atoms with Gasteiger partial charge in [-0.1, -0.05) is 30.3 Å². The van der Waals surface area contributed by atoms with Crippen molar-refractivity contribution in [1.82, 2.24) is 10.2 Å². The van der Waals surface area contributed by atoms with Crippen LogP contribution in [0.15, 0.2) is 36.4 Å². The number of hydrogen-bond donors (Lipinski definition) is 2. The van der Waals surface area contributed by atoms with E-state index in [2.05, 4.69) is 10.2 Å². The molecule has 0 unspecified atom stereocenters. The highest BCUT2D eigenvalue weighted by Gasteiger charge is 2.14. The van der Waals surface area contributed by atoms with E-state index in [1.54, 1.807) is 0 Å². The lowest BCUT2D eigenvalue weighted by molar-refractivity contribution is 0.0465. The van der Waals surface area contributed by atoms with Gasteiger partial charge in [0.2, 0.25) is 0 Å². The average Bonchev–Trinajstić information content (AvgIpc) is 2.87. The summed E-state index contributed by atoms with van der Waals surface area (Å²) in [6, 6.07) is 10.3. The van der Waals surface area contributed by atoms with Crippen LogP contribution in [0, 0.1) is 0 Å². The van der Waals surface area contributed by atoms with Crippen molar-refractivity contribution in [1.29, 1.82) is 0 Å². The summed E-state index contributed by atoms with van der Waals surface area (Å²) in [5.41, 5.74) is 0.647. The number of hydrogen-bond acceptors (Lipinski definition) is 4. The quantitative estimate of drug-likeness (QED) is 0.797. The Hall–Kier alpha value is -2.63. The van der Waals surface area contributed by atoms with Crippen LogP contribution in [-0.4, -0.2) is 27.2 Å². The molecule has 0 saturated heterocycles. The van der Waals surface area contributed by atoms with Crippen molar-refractivity contribution in [3.63, 3.8) is 0 Å². The van der Waals surface area contributed by atoms with Crippen LogP contribution in [0.5, 0.6) is 0 Å². The number of benzene rings is 1. The molecule has 0 bridgehead atoms. The maximum absolute atomic E-state index is 11.6. The van der Waals surface area contributed by atoms with Gasteiger partial charge in [-0.15, -0.1) is 0 Å². The molecular formula is C12H10N2O4. The van der Waals surface area contributed by atoms with Crippen molar-refractivity contribution >= 4 is 11.9 Å². The second-order valence-electron chi connectivity index (χ2n) is 3.53. The van der Waals surface area contributed by atoms with Crippen LogP contribution in [0.25, 0.3) is 0 Å². The minimum absolute atomic E-state index is 0.0170. The second kappa shape index (κ2) is 5.13. The number of nitrogens with one attached hydrogen (secondary N) is 1. The summed E-state index contributed by atoms with van der Waals surface area (Å²) in [6.07, 6.45) is 0. The van der Waals surface area contributed by atoms with E-state index in [1.807, 2.05) is 30.3 Å². The van der Waals surface area contributed by atoms with Crippen LogP contribution in [-0.2, 0) is 11.3 Å². The van der Waals surface area contributed by atoms with Gasteiger partial charge in [-0.3, -0.25) is 5.10 Å². The predicted octanol–water partition coefficient (Wildman–Crippen LogP) is 1.46. The minimum Gasteiger partial charge on any atom is -0.476 e. The van der Waals surface area contributed by atoms with E-state index in [0.29, 0.717) is 0 Å². The van der Waals surface area contributed by atoms with Gasteiger partial charge in [0.1, 0.15) is 12.3 Å². The summed E-state index contributed by atoms with van der Waals surface area (Å²) in [7, 11) is 0. The molecule has 2 rings (SSSR count). The van der Waals surface area contributed by atoms with Crippen molar-refractivity contribution in [3.8, 4) is 0 Å². The van der Waals surface area contributed by atoms with Gasteiger partial charge in [0.15, 0.2) is 5.69 Å². The lowest BCUT2D eigenvalue weighted by atomic mass is 10.2. The zero-order valence-corrected chi connectivity index (χ0v) is 9.29. The molecule has 0 radical (unpaired) electrons. The Bertz CT molecular complexity index is 562. The highest BCUT2D eigenvalue weighted by atomic mass is 16.5. The summed E-state index contributed by atoms with van der Waals surface area (Å²) in [5, 5.41) is 14.4. The topological polar surface area (TPSA) is 92.3 Å². The largest absolute Gasteiger partial charge is 0.476 e. The number of carbonyl (C=O) groups excluding carboxylic acids is 1. The summed E-state index contributed by atoms with van der Waals surface area (Å²) in [5.74, 6) is -1.84. The van der Waals surface area contributed by atoms with Gasteiger partial charge in [0.25, 0.3) is 0 Å². The maximum Gasteiger partial charge on any atom is 0.356 e. The van der Waals surface area contributed by atoms with Gasteiger partial charge in [0, 0.05) is 6.07 Å². The lowest BCUT2D eigenvalue weighted by Crippen LogP contribution is -2.05. The number of H-pyrrole nitrogens is 1. The second-order valence-corrected chi connectivity index (χ2v) is 3.53. The maximum atomic E-state index is 11.6. The van der Waals surface area contributed by atoms with Crippen molar-refractivity contribution < 1.29 is 19.4 Å². The minimum atomic E-state index is -1.20. The van der Waals surface area contributed by atoms with Crippen molar-refractivity contribution in [2.24, 2.45) is 0 Å². The average molecular weight is 246 g/mol. The number of aromatic amines is 1. The van der Waals surface area contributed by atoms with E-state index >= 15 is 0 Å². The molecule has 0 spiro atoms. The summed E-state index contributed by atoms with van der Waals surface area (Å²) < 4.78 is 5.00. The van der Waals surface area contributed by atoms with E-state index in [-0.39, 0.29) is 18.0 Å². The fraction of sp³-hybridized carbons (Fsp3) is 0.0833. The first-order valence-corrected chi connectivity index (χ1v) is 5.16. The summed E-state index contributed by atoms with van der Waals surface area (Å²) in [4.78, 5) is 22.1. The highest BCUT2D eigenvalue weighted by Crippen LogP contribution is 2.05. The van der Waals surface area contributed by atoms with Gasteiger partial charge in [-0.2, -0.15) is 5.10 Å². The standard InChI is InChI=1S/C12H10N2O4/c15-11(16)9-6-10(14-13-9)12(17)18-7-8-4-2-1-3-5-8/h1-6H,7H2,(H,13,14)(H,15,16). The van der Waals surface area contributed by atoms with Crippen LogP contribution < -0.4 is 0 Å². The smallest absolute Gasteiger partial charge is 0.356 e. The first kappa shape index (κ1) is 11.8. The van der Waals surface area contributed by atoms with E-state index in [9.17, 15) is 9.59 Å². The monoisotopic (exact) mass is 246 g/mol. The predicted molar refractivity (Wildman–Crippen MR) is 61.1 cm³/mol. The van der Waals surface area contributed by atoms with Gasteiger partial charge in [-0.25, -0.2) is 9.59 Å². The lowest BCUT2D eigenvalue weighted by Gasteiger charge is -2.02. The SMILES string of the molecule is O=C(O)c1cc(C(=O)OCc2ccccc2)[nH]n1. The third kappa shape index (κ3) is 2.73. The fourth-order valence-corrected chi connectivity index (χ4v) is 1.34. The molecule has 0 atom stereocenters. The van der Waals surface area contributed by atoms with Gasteiger partial charge in [-0.05, 0) is 5.56 Å². The molecule has 18 heavy (non-hydrogen) atoms. The molecule has 1 aromatic heterocycles. The zero-order valence-electron chi connectivity index (χ0n) is 9.29. The van der Waals surface area contributed by atoms with Crippen molar-refractivity contribution in [2.75, 3.05) is 0 Å². The van der Waals surface area contributed by atoms with Crippen LogP contribution in [0.1, 0.15) is 26.5 Å². The normalized spacial score (nSPS) is 10.0.